The van der Waals surface area contributed by atoms with Gasteiger partial charge >= 0.3 is 0 Å². The van der Waals surface area contributed by atoms with Gasteiger partial charge in [-0.2, -0.15) is 0 Å². The number of aryl methyl sites for hydroxylation is 2. The van der Waals surface area contributed by atoms with Gasteiger partial charge in [0.1, 0.15) is 11.6 Å². The van der Waals surface area contributed by atoms with Crippen LogP contribution in [0.25, 0.3) is 0 Å². The Morgan fingerprint density at radius 3 is 2.90 bits per heavy atom. The molecule has 1 amide bonds. The Bertz CT molecular complexity index is 904. The summed E-state index contributed by atoms with van der Waals surface area (Å²) in [6.07, 6.45) is 2.90. The number of pyridine rings is 2. The van der Waals surface area contributed by atoms with Crippen LogP contribution in [0.3, 0.4) is 0 Å². The van der Waals surface area contributed by atoms with Crippen LogP contribution in [0.15, 0.2) is 24.4 Å². The second kappa shape index (κ2) is 8.35. The van der Waals surface area contributed by atoms with Crippen molar-refractivity contribution in [1.82, 2.24) is 14.9 Å². The van der Waals surface area contributed by atoms with Crippen LogP contribution >= 0.6 is 0 Å². The van der Waals surface area contributed by atoms with E-state index in [1.165, 1.54) is 18.7 Å². The summed E-state index contributed by atoms with van der Waals surface area (Å²) in [7, 11) is 1.47. The van der Waals surface area contributed by atoms with E-state index in [1.54, 1.807) is 11.8 Å². The molecule has 1 aliphatic heterocycles. The van der Waals surface area contributed by atoms with E-state index < -0.39 is 11.7 Å². The Kier molecular flexibility index (Phi) is 6.05. The molecule has 7 heteroatoms. The predicted molar refractivity (Wildman–Crippen MR) is 111 cm³/mol. The molecule has 0 radical (unpaired) electrons. The molecule has 2 atom stereocenters. The highest BCUT2D eigenvalue weighted by atomic mass is 19.1. The van der Waals surface area contributed by atoms with E-state index in [1.807, 2.05) is 19.9 Å². The monoisotopic (exact) mass is 400 g/mol. The van der Waals surface area contributed by atoms with E-state index in [0.29, 0.717) is 24.5 Å². The van der Waals surface area contributed by atoms with E-state index in [9.17, 15) is 9.18 Å². The molecule has 2 aromatic rings. The highest BCUT2D eigenvalue weighted by Gasteiger charge is 2.34. The number of rotatable bonds is 6. The van der Waals surface area contributed by atoms with Crippen molar-refractivity contribution in [2.24, 2.45) is 0 Å². The van der Waals surface area contributed by atoms with Crippen LogP contribution in [-0.2, 0) is 11.2 Å². The van der Waals surface area contributed by atoms with Crippen molar-refractivity contribution in [2.45, 2.75) is 52.0 Å². The van der Waals surface area contributed by atoms with Crippen molar-refractivity contribution < 1.29 is 13.9 Å². The lowest BCUT2D eigenvalue weighted by atomic mass is 9.88. The molecule has 6 nitrogen and oxygen atoms in total. The zero-order valence-electron chi connectivity index (χ0n) is 17.8. The molecular weight excluding hydrogens is 371 g/mol. The average molecular weight is 400 g/mol. The van der Waals surface area contributed by atoms with E-state index in [-0.39, 0.29) is 11.4 Å². The van der Waals surface area contributed by atoms with Crippen LogP contribution in [0.5, 0.6) is 5.88 Å². The molecule has 0 bridgehead atoms. The molecule has 0 fully saturated rings. The molecular formula is C22H29FN4O2. The van der Waals surface area contributed by atoms with Crippen molar-refractivity contribution >= 4 is 11.7 Å². The lowest BCUT2D eigenvalue weighted by Crippen LogP contribution is -2.51. The smallest absolute Gasteiger partial charge is 0.230 e. The molecule has 0 unspecified atom stereocenters. The van der Waals surface area contributed by atoms with E-state index in [2.05, 4.69) is 28.3 Å². The van der Waals surface area contributed by atoms with Crippen LogP contribution in [0.4, 0.5) is 10.2 Å². The van der Waals surface area contributed by atoms with Crippen molar-refractivity contribution in [3.05, 3.63) is 47.0 Å². The number of hydrogen-bond donors (Lipinski definition) is 1. The van der Waals surface area contributed by atoms with Crippen LogP contribution in [0, 0.1) is 12.7 Å². The van der Waals surface area contributed by atoms with Gasteiger partial charge in [-0.3, -0.25) is 4.79 Å². The molecule has 0 saturated carbocycles. The molecule has 3 heterocycles. The number of carbonyl (C=O) groups excluding carboxylic acids is 1. The molecule has 29 heavy (non-hydrogen) atoms. The number of fused-ring (bicyclic) bond motifs is 1. The second-order valence-corrected chi connectivity index (χ2v) is 7.97. The molecule has 1 N–H and O–H groups in total. The number of nitrogens with zero attached hydrogens (tertiary/aromatic N) is 3. The first-order valence-electron chi connectivity index (χ1n) is 9.99. The lowest BCUT2D eigenvalue weighted by Gasteiger charge is -2.40. The van der Waals surface area contributed by atoms with Crippen molar-refractivity contribution in [3.8, 4) is 5.88 Å². The number of likely N-dealkylation sites (N-methyl/N-ethyl adjacent to an activating group) is 1. The topological polar surface area (TPSA) is 67.4 Å². The number of ether oxygens (including phenoxy) is 1. The third kappa shape index (κ3) is 4.49. The Balaban J connectivity index is 1.78. The fourth-order valence-corrected chi connectivity index (χ4v) is 3.82. The standard InChI is InChI=1S/C22H29FN4O2/c1-6-27(21(28)15(3)17-11-19(29-5)24-12-18(17)23)13-22(4)10-9-16-8-7-14(2)25-20(16)26-22/h7-8,11-12,15H,6,9-10,13H2,1-5H3,(H,25,26)/t15-,22-/m1/s1. The van der Waals surface area contributed by atoms with Crippen LogP contribution in [0.1, 0.15) is 49.9 Å². The Morgan fingerprint density at radius 2 is 2.21 bits per heavy atom. The molecule has 156 valence electrons. The van der Waals surface area contributed by atoms with Crippen LogP contribution < -0.4 is 10.1 Å². The third-order valence-electron chi connectivity index (χ3n) is 5.62. The average Bonchev–Trinajstić information content (AvgIpc) is 2.71. The summed E-state index contributed by atoms with van der Waals surface area (Å²) in [6.45, 7) is 8.80. The van der Waals surface area contributed by atoms with Gasteiger partial charge < -0.3 is 15.0 Å². The Hall–Kier alpha value is -2.70. The van der Waals surface area contributed by atoms with Gasteiger partial charge in [-0.1, -0.05) is 6.07 Å². The van der Waals surface area contributed by atoms with Gasteiger partial charge in [-0.05, 0) is 52.2 Å². The van der Waals surface area contributed by atoms with Crippen molar-refractivity contribution in [2.75, 3.05) is 25.5 Å². The van der Waals surface area contributed by atoms with Gasteiger partial charge in [0.05, 0.1) is 24.8 Å². The number of methoxy groups -OCH3 is 1. The zero-order chi connectivity index (χ0) is 21.2. The maximum Gasteiger partial charge on any atom is 0.230 e. The van der Waals surface area contributed by atoms with Crippen molar-refractivity contribution in [3.63, 3.8) is 0 Å². The highest BCUT2D eigenvalue weighted by Crippen LogP contribution is 2.31. The van der Waals surface area contributed by atoms with Crippen molar-refractivity contribution in [1.29, 1.82) is 0 Å². The summed E-state index contributed by atoms with van der Waals surface area (Å²) in [5, 5.41) is 3.53. The SMILES string of the molecule is CCN(C[C@@]1(C)CCc2ccc(C)nc2N1)C(=O)[C@H](C)c1cc(OC)ncc1F. The zero-order valence-corrected chi connectivity index (χ0v) is 17.8. The van der Waals surface area contributed by atoms with Gasteiger partial charge in [0.25, 0.3) is 0 Å². The normalized spacial score (nSPS) is 19.1. The number of anilines is 1. The molecule has 0 aliphatic carbocycles. The van der Waals surface area contributed by atoms with Gasteiger partial charge in [-0.15, -0.1) is 0 Å². The van der Waals surface area contributed by atoms with Gasteiger partial charge in [-0.25, -0.2) is 14.4 Å². The Labute approximate surface area is 171 Å². The van der Waals surface area contributed by atoms with Gasteiger partial charge in [0.15, 0.2) is 0 Å². The Morgan fingerprint density at radius 1 is 1.45 bits per heavy atom. The fourth-order valence-electron chi connectivity index (χ4n) is 3.82. The quantitative estimate of drug-likeness (QED) is 0.801. The summed E-state index contributed by atoms with van der Waals surface area (Å²) in [5.41, 5.74) is 2.15. The summed E-state index contributed by atoms with van der Waals surface area (Å²) in [4.78, 5) is 23.5. The number of amides is 1. The molecule has 0 saturated heterocycles. The fraction of sp³-hybridized carbons (Fsp3) is 0.500. The minimum absolute atomic E-state index is 0.120. The molecule has 0 spiro atoms. The largest absolute Gasteiger partial charge is 0.481 e. The molecule has 0 aromatic carbocycles. The summed E-state index contributed by atoms with van der Waals surface area (Å²) in [5.74, 6) is -0.0704. The van der Waals surface area contributed by atoms with E-state index in [4.69, 9.17) is 4.74 Å². The lowest BCUT2D eigenvalue weighted by molar-refractivity contribution is -0.133. The summed E-state index contributed by atoms with van der Waals surface area (Å²) < 4.78 is 19.4. The molecule has 3 rings (SSSR count). The summed E-state index contributed by atoms with van der Waals surface area (Å²) in [6, 6.07) is 5.62. The number of nitrogens with one attached hydrogen (secondary N) is 1. The first kappa shape index (κ1) is 21.0. The van der Waals surface area contributed by atoms with Crippen LogP contribution in [0.2, 0.25) is 0 Å². The predicted octanol–water partition coefficient (Wildman–Crippen LogP) is 3.70. The number of aromatic nitrogens is 2. The maximum atomic E-state index is 14.3. The molecule has 1 aliphatic rings. The second-order valence-electron chi connectivity index (χ2n) is 7.97. The summed E-state index contributed by atoms with van der Waals surface area (Å²) >= 11 is 0. The third-order valence-corrected chi connectivity index (χ3v) is 5.62. The van der Waals surface area contributed by atoms with Crippen LogP contribution in [-0.4, -0.2) is 46.5 Å². The minimum atomic E-state index is -0.633. The van der Waals surface area contributed by atoms with Gasteiger partial charge in [0.2, 0.25) is 11.8 Å². The number of hydrogen-bond acceptors (Lipinski definition) is 5. The van der Waals surface area contributed by atoms with E-state index in [0.717, 1.165) is 30.6 Å². The number of carbonyl (C=O) groups is 1. The first-order valence-corrected chi connectivity index (χ1v) is 9.99. The van der Waals surface area contributed by atoms with Gasteiger partial charge in [0, 0.05) is 30.4 Å². The number of halogens is 1. The van der Waals surface area contributed by atoms with E-state index >= 15 is 0 Å². The maximum absolute atomic E-state index is 14.3. The molecule has 2 aromatic heterocycles. The highest BCUT2D eigenvalue weighted by molar-refractivity contribution is 5.83. The minimum Gasteiger partial charge on any atom is -0.481 e. The first-order chi connectivity index (χ1) is 13.8.